The maximum Gasteiger partial charge on any atom is 0.242 e. The van der Waals surface area contributed by atoms with E-state index in [-0.39, 0.29) is 18.5 Å². The van der Waals surface area contributed by atoms with Gasteiger partial charge in [0.15, 0.2) is 0 Å². The third-order valence-electron chi connectivity index (χ3n) is 2.37. The Morgan fingerprint density at radius 2 is 2.18 bits per heavy atom. The minimum absolute atomic E-state index is 0.0276. The van der Waals surface area contributed by atoms with Crippen molar-refractivity contribution in [3.05, 3.63) is 42.2 Å². The fraction of sp³-hybridized carbons (Fsp3) is 0.273. The highest BCUT2D eigenvalue weighted by atomic mass is 16.2. The van der Waals surface area contributed by atoms with Gasteiger partial charge >= 0.3 is 0 Å². The van der Waals surface area contributed by atoms with Gasteiger partial charge in [0.2, 0.25) is 5.91 Å². The number of rotatable bonds is 4. The molecular formula is C11H13N5O. The van der Waals surface area contributed by atoms with Crippen LogP contribution in [0.4, 0.5) is 0 Å². The standard InChI is InChI=1S/C11H13N5O/c1-9(10-5-3-2-4-6-10)13-11(17)7-16-8-12-14-15-16/h2-6,8-9H,7H2,1H3,(H,13,17). The largest absolute Gasteiger partial charge is 0.348 e. The van der Waals surface area contributed by atoms with Gasteiger partial charge in [-0.3, -0.25) is 4.79 Å². The van der Waals surface area contributed by atoms with Crippen LogP contribution in [0.25, 0.3) is 0 Å². The molecule has 6 heteroatoms. The summed E-state index contributed by atoms with van der Waals surface area (Å²) >= 11 is 0. The first-order valence-electron chi connectivity index (χ1n) is 5.31. The highest BCUT2D eigenvalue weighted by Gasteiger charge is 2.09. The molecule has 1 unspecified atom stereocenters. The van der Waals surface area contributed by atoms with Gasteiger partial charge in [-0.05, 0) is 22.9 Å². The number of carbonyl (C=O) groups excluding carboxylic acids is 1. The molecule has 2 rings (SSSR count). The van der Waals surface area contributed by atoms with Gasteiger partial charge in [-0.2, -0.15) is 0 Å². The number of nitrogens with zero attached hydrogens (tertiary/aromatic N) is 4. The van der Waals surface area contributed by atoms with Crippen molar-refractivity contribution in [1.29, 1.82) is 0 Å². The van der Waals surface area contributed by atoms with E-state index in [1.807, 2.05) is 37.3 Å². The molecule has 1 amide bonds. The van der Waals surface area contributed by atoms with Crippen molar-refractivity contribution >= 4 is 5.91 Å². The van der Waals surface area contributed by atoms with Crippen molar-refractivity contribution < 1.29 is 4.79 Å². The van der Waals surface area contributed by atoms with E-state index in [2.05, 4.69) is 20.8 Å². The molecule has 1 heterocycles. The molecule has 0 radical (unpaired) electrons. The summed E-state index contributed by atoms with van der Waals surface area (Å²) in [6, 6.07) is 9.75. The maximum atomic E-state index is 11.7. The van der Waals surface area contributed by atoms with Gasteiger partial charge < -0.3 is 5.32 Å². The Balaban J connectivity index is 1.91. The summed E-state index contributed by atoms with van der Waals surface area (Å²) in [6.45, 7) is 2.07. The lowest BCUT2D eigenvalue weighted by Crippen LogP contribution is -2.30. The van der Waals surface area contributed by atoms with Crippen LogP contribution in [0, 0.1) is 0 Å². The zero-order chi connectivity index (χ0) is 12.1. The van der Waals surface area contributed by atoms with Crippen molar-refractivity contribution in [3.8, 4) is 0 Å². The fourth-order valence-corrected chi connectivity index (χ4v) is 1.51. The van der Waals surface area contributed by atoms with Gasteiger partial charge in [0.05, 0.1) is 6.04 Å². The number of nitrogens with one attached hydrogen (secondary N) is 1. The van der Waals surface area contributed by atoms with Crippen LogP contribution >= 0.6 is 0 Å². The van der Waals surface area contributed by atoms with E-state index in [0.717, 1.165) is 5.56 Å². The van der Waals surface area contributed by atoms with E-state index in [1.54, 1.807) is 0 Å². The fourth-order valence-electron chi connectivity index (χ4n) is 1.51. The Morgan fingerprint density at radius 3 is 2.82 bits per heavy atom. The zero-order valence-corrected chi connectivity index (χ0v) is 9.45. The van der Waals surface area contributed by atoms with E-state index < -0.39 is 0 Å². The molecule has 0 bridgehead atoms. The third-order valence-corrected chi connectivity index (χ3v) is 2.37. The summed E-state index contributed by atoms with van der Waals surface area (Å²) in [5.41, 5.74) is 1.07. The lowest BCUT2D eigenvalue weighted by atomic mass is 10.1. The number of benzene rings is 1. The van der Waals surface area contributed by atoms with Gasteiger partial charge in [0.1, 0.15) is 12.9 Å². The minimum atomic E-state index is -0.117. The summed E-state index contributed by atoms with van der Waals surface area (Å²) in [5, 5.41) is 13.4. The molecule has 88 valence electrons. The molecule has 17 heavy (non-hydrogen) atoms. The molecule has 1 atom stereocenters. The van der Waals surface area contributed by atoms with E-state index >= 15 is 0 Å². The molecule has 0 aliphatic heterocycles. The minimum Gasteiger partial charge on any atom is -0.348 e. The lowest BCUT2D eigenvalue weighted by molar-refractivity contribution is -0.122. The smallest absolute Gasteiger partial charge is 0.242 e. The Kier molecular flexibility index (Phi) is 3.44. The molecule has 0 fully saturated rings. The van der Waals surface area contributed by atoms with Crippen LogP contribution in [-0.2, 0) is 11.3 Å². The van der Waals surface area contributed by atoms with Gasteiger partial charge in [0, 0.05) is 0 Å². The van der Waals surface area contributed by atoms with E-state index in [4.69, 9.17) is 0 Å². The molecule has 6 nitrogen and oxygen atoms in total. The van der Waals surface area contributed by atoms with Crippen LogP contribution in [0.5, 0.6) is 0 Å². The molecule has 0 aliphatic rings. The Bertz CT molecular complexity index is 468. The first-order chi connectivity index (χ1) is 8.25. The molecule has 1 N–H and O–H groups in total. The van der Waals surface area contributed by atoms with Gasteiger partial charge in [-0.1, -0.05) is 30.3 Å². The molecule has 1 aromatic carbocycles. The number of aromatic nitrogens is 4. The number of hydrogen-bond donors (Lipinski definition) is 1. The monoisotopic (exact) mass is 231 g/mol. The first kappa shape index (κ1) is 11.3. The van der Waals surface area contributed by atoms with E-state index in [9.17, 15) is 4.79 Å². The number of tetrazole rings is 1. The van der Waals surface area contributed by atoms with Crippen LogP contribution in [-0.4, -0.2) is 26.1 Å². The maximum absolute atomic E-state index is 11.7. The molecule has 0 aliphatic carbocycles. The van der Waals surface area contributed by atoms with Crippen molar-refractivity contribution in [3.63, 3.8) is 0 Å². The average molecular weight is 231 g/mol. The van der Waals surface area contributed by atoms with E-state index in [1.165, 1.54) is 11.0 Å². The van der Waals surface area contributed by atoms with Crippen LogP contribution < -0.4 is 5.32 Å². The van der Waals surface area contributed by atoms with Crippen LogP contribution in [0.1, 0.15) is 18.5 Å². The summed E-state index contributed by atoms with van der Waals surface area (Å²) in [7, 11) is 0. The molecule has 0 saturated heterocycles. The van der Waals surface area contributed by atoms with Crippen molar-refractivity contribution in [2.45, 2.75) is 19.5 Å². The molecular weight excluding hydrogens is 218 g/mol. The second-order valence-corrected chi connectivity index (χ2v) is 3.71. The molecule has 0 saturated carbocycles. The topological polar surface area (TPSA) is 72.7 Å². The predicted molar refractivity (Wildman–Crippen MR) is 60.8 cm³/mol. The van der Waals surface area contributed by atoms with Crippen molar-refractivity contribution in [1.82, 2.24) is 25.5 Å². The quantitative estimate of drug-likeness (QED) is 0.834. The second kappa shape index (κ2) is 5.20. The highest BCUT2D eigenvalue weighted by Crippen LogP contribution is 2.10. The Morgan fingerprint density at radius 1 is 1.41 bits per heavy atom. The van der Waals surface area contributed by atoms with Crippen LogP contribution in [0.2, 0.25) is 0 Å². The molecule has 2 aromatic rings. The lowest BCUT2D eigenvalue weighted by Gasteiger charge is -2.13. The molecule has 1 aromatic heterocycles. The Hall–Kier alpha value is -2.24. The summed E-state index contributed by atoms with van der Waals surface area (Å²) in [6.07, 6.45) is 1.41. The van der Waals surface area contributed by atoms with E-state index in [0.29, 0.717) is 0 Å². The van der Waals surface area contributed by atoms with Crippen LogP contribution in [0.15, 0.2) is 36.7 Å². The average Bonchev–Trinajstić information content (AvgIpc) is 2.82. The predicted octanol–water partition coefficient (Wildman–Crippen LogP) is 0.550. The summed E-state index contributed by atoms with van der Waals surface area (Å²) in [4.78, 5) is 11.7. The summed E-state index contributed by atoms with van der Waals surface area (Å²) in [5.74, 6) is -0.117. The van der Waals surface area contributed by atoms with Gasteiger partial charge in [-0.25, -0.2) is 4.68 Å². The number of hydrogen-bond acceptors (Lipinski definition) is 4. The SMILES string of the molecule is CC(NC(=O)Cn1cnnn1)c1ccccc1. The van der Waals surface area contributed by atoms with Gasteiger partial charge in [-0.15, -0.1) is 5.10 Å². The van der Waals surface area contributed by atoms with Crippen molar-refractivity contribution in [2.24, 2.45) is 0 Å². The number of carbonyl (C=O) groups is 1. The Labute approximate surface area is 98.6 Å². The van der Waals surface area contributed by atoms with Gasteiger partial charge in [0.25, 0.3) is 0 Å². The van der Waals surface area contributed by atoms with Crippen molar-refractivity contribution in [2.75, 3.05) is 0 Å². The third kappa shape index (κ3) is 3.10. The second-order valence-electron chi connectivity index (χ2n) is 3.71. The first-order valence-corrected chi connectivity index (χ1v) is 5.31. The highest BCUT2D eigenvalue weighted by molar-refractivity contribution is 5.76. The summed E-state index contributed by atoms with van der Waals surface area (Å²) < 4.78 is 1.38. The number of amides is 1. The zero-order valence-electron chi connectivity index (χ0n) is 9.45. The normalized spacial score (nSPS) is 12.1. The molecule has 0 spiro atoms. The van der Waals surface area contributed by atoms with Crippen LogP contribution in [0.3, 0.4) is 0 Å².